The first kappa shape index (κ1) is 13.2. The Labute approximate surface area is 109 Å². The van der Waals surface area contributed by atoms with Gasteiger partial charge in [0.15, 0.2) is 5.78 Å². The smallest absolute Gasteiger partial charge is 0.171 e. The topological polar surface area (TPSA) is 26.3 Å². The van der Waals surface area contributed by atoms with E-state index in [2.05, 4.69) is 0 Å². The molecule has 98 valence electrons. The predicted octanol–water partition coefficient (Wildman–Crippen LogP) is 3.40. The van der Waals surface area contributed by atoms with Crippen LogP contribution in [-0.4, -0.2) is 12.9 Å². The number of hydrogen-bond donors (Lipinski definition) is 0. The molecule has 0 aliphatic heterocycles. The number of ether oxygens (including phenoxy) is 1. The number of rotatable bonds is 4. The van der Waals surface area contributed by atoms with Crippen molar-refractivity contribution in [3.63, 3.8) is 0 Å². The molecule has 0 aromatic heterocycles. The summed E-state index contributed by atoms with van der Waals surface area (Å²) >= 11 is 0. The largest absolute Gasteiger partial charge is 0.496 e. The van der Waals surface area contributed by atoms with Gasteiger partial charge in [-0.25, -0.2) is 8.78 Å². The van der Waals surface area contributed by atoms with Crippen LogP contribution in [0.1, 0.15) is 15.9 Å². The summed E-state index contributed by atoms with van der Waals surface area (Å²) in [6.45, 7) is 0. The Hall–Kier alpha value is -2.23. The van der Waals surface area contributed by atoms with Crippen LogP contribution < -0.4 is 4.74 Å². The highest BCUT2D eigenvalue weighted by molar-refractivity contribution is 5.99. The molecule has 0 bridgehead atoms. The van der Waals surface area contributed by atoms with Crippen molar-refractivity contribution in [2.75, 3.05) is 7.11 Å². The van der Waals surface area contributed by atoms with Crippen LogP contribution in [0, 0.1) is 11.6 Å². The van der Waals surface area contributed by atoms with Gasteiger partial charge in [-0.2, -0.15) is 0 Å². The summed E-state index contributed by atoms with van der Waals surface area (Å²) in [5.41, 5.74) is 0.547. The van der Waals surface area contributed by atoms with Gasteiger partial charge in [-0.05, 0) is 23.8 Å². The number of carbonyl (C=O) groups is 1. The second-order valence-electron chi connectivity index (χ2n) is 4.04. The quantitative estimate of drug-likeness (QED) is 0.789. The molecule has 0 saturated carbocycles. The molecule has 0 fully saturated rings. The van der Waals surface area contributed by atoms with Crippen LogP contribution in [0.15, 0.2) is 42.5 Å². The van der Waals surface area contributed by atoms with E-state index in [0.717, 1.165) is 12.1 Å². The van der Waals surface area contributed by atoms with Gasteiger partial charge in [-0.3, -0.25) is 4.79 Å². The Morgan fingerprint density at radius 1 is 1.16 bits per heavy atom. The van der Waals surface area contributed by atoms with Crippen LogP contribution in [0.3, 0.4) is 0 Å². The lowest BCUT2D eigenvalue weighted by Crippen LogP contribution is -2.07. The van der Waals surface area contributed by atoms with Gasteiger partial charge in [0.25, 0.3) is 0 Å². The van der Waals surface area contributed by atoms with Crippen molar-refractivity contribution in [1.29, 1.82) is 0 Å². The number of carbonyl (C=O) groups excluding carboxylic acids is 1. The molecule has 0 N–H and O–H groups in total. The first-order chi connectivity index (χ1) is 9.11. The average Bonchev–Trinajstić information content (AvgIpc) is 2.41. The van der Waals surface area contributed by atoms with Crippen molar-refractivity contribution in [2.45, 2.75) is 6.42 Å². The van der Waals surface area contributed by atoms with E-state index in [1.807, 2.05) is 0 Å². The van der Waals surface area contributed by atoms with Crippen molar-refractivity contribution in [1.82, 2.24) is 0 Å². The molecule has 0 saturated heterocycles. The van der Waals surface area contributed by atoms with E-state index in [9.17, 15) is 13.6 Å². The van der Waals surface area contributed by atoms with Crippen molar-refractivity contribution in [3.05, 3.63) is 65.2 Å². The van der Waals surface area contributed by atoms with Crippen LogP contribution in [0.4, 0.5) is 8.78 Å². The molecule has 2 nitrogen and oxygen atoms in total. The molecule has 2 aromatic carbocycles. The molecule has 4 heteroatoms. The number of methoxy groups -OCH3 is 1. The van der Waals surface area contributed by atoms with Gasteiger partial charge in [0.1, 0.15) is 17.4 Å². The molecule has 0 aliphatic rings. The van der Waals surface area contributed by atoms with Crippen molar-refractivity contribution >= 4 is 5.78 Å². The molecule has 0 amide bonds. The van der Waals surface area contributed by atoms with Gasteiger partial charge < -0.3 is 4.74 Å². The minimum absolute atomic E-state index is 0.132. The summed E-state index contributed by atoms with van der Waals surface area (Å²) in [5.74, 6) is -1.22. The van der Waals surface area contributed by atoms with E-state index in [0.29, 0.717) is 11.3 Å². The molecule has 0 spiro atoms. The predicted molar refractivity (Wildman–Crippen MR) is 67.4 cm³/mol. The lowest BCUT2D eigenvalue weighted by Gasteiger charge is -2.07. The van der Waals surface area contributed by atoms with Crippen molar-refractivity contribution in [3.8, 4) is 5.75 Å². The summed E-state index contributed by atoms with van der Waals surface area (Å²) in [6.07, 6.45) is -0.132. The zero-order valence-electron chi connectivity index (χ0n) is 10.3. The summed E-state index contributed by atoms with van der Waals surface area (Å²) < 4.78 is 31.3. The summed E-state index contributed by atoms with van der Waals surface area (Å²) in [7, 11) is 1.46. The number of Topliss-reactive ketones (excluding diaryl/α,β-unsaturated/α-hetero) is 1. The van der Waals surface area contributed by atoms with Gasteiger partial charge in [-0.15, -0.1) is 0 Å². The minimum atomic E-state index is -0.719. The van der Waals surface area contributed by atoms with Crippen LogP contribution in [-0.2, 0) is 6.42 Å². The zero-order chi connectivity index (χ0) is 13.8. The van der Waals surface area contributed by atoms with E-state index in [1.54, 1.807) is 24.3 Å². The molecule has 0 radical (unpaired) electrons. The van der Waals surface area contributed by atoms with Gasteiger partial charge >= 0.3 is 0 Å². The average molecular weight is 262 g/mol. The van der Waals surface area contributed by atoms with Crippen molar-refractivity contribution < 1.29 is 18.3 Å². The summed E-state index contributed by atoms with van der Waals surface area (Å²) in [5, 5.41) is 0. The molecule has 0 heterocycles. The van der Waals surface area contributed by atoms with Gasteiger partial charge in [0.2, 0.25) is 0 Å². The standard InChI is InChI=1S/C15H12F2O2/c1-19-15-5-3-2-4-12(15)14(18)8-10-6-7-11(16)9-13(10)17/h2-7,9H,8H2,1H3. The number of benzene rings is 2. The van der Waals surface area contributed by atoms with Crippen molar-refractivity contribution in [2.24, 2.45) is 0 Å². The van der Waals surface area contributed by atoms with E-state index >= 15 is 0 Å². The second kappa shape index (κ2) is 5.61. The van der Waals surface area contributed by atoms with Gasteiger partial charge in [-0.1, -0.05) is 18.2 Å². The zero-order valence-corrected chi connectivity index (χ0v) is 10.3. The maximum Gasteiger partial charge on any atom is 0.171 e. The summed E-state index contributed by atoms with van der Waals surface area (Å²) in [6, 6.07) is 9.90. The first-order valence-electron chi connectivity index (χ1n) is 5.72. The van der Waals surface area contributed by atoms with E-state index in [4.69, 9.17) is 4.74 Å². The van der Waals surface area contributed by atoms with E-state index < -0.39 is 11.6 Å². The number of ketones is 1. The number of hydrogen-bond acceptors (Lipinski definition) is 2. The van der Waals surface area contributed by atoms with Crippen LogP contribution in [0.5, 0.6) is 5.75 Å². The minimum Gasteiger partial charge on any atom is -0.496 e. The molecule has 2 rings (SSSR count). The maximum atomic E-state index is 13.5. The fourth-order valence-electron chi connectivity index (χ4n) is 1.81. The summed E-state index contributed by atoms with van der Waals surface area (Å²) in [4.78, 5) is 12.1. The third-order valence-electron chi connectivity index (χ3n) is 2.77. The van der Waals surface area contributed by atoms with Crippen LogP contribution >= 0.6 is 0 Å². The number of para-hydroxylation sites is 1. The second-order valence-corrected chi connectivity index (χ2v) is 4.04. The van der Waals surface area contributed by atoms with Crippen LogP contribution in [0.2, 0.25) is 0 Å². The maximum absolute atomic E-state index is 13.5. The third kappa shape index (κ3) is 2.96. The molecule has 19 heavy (non-hydrogen) atoms. The highest BCUT2D eigenvalue weighted by Crippen LogP contribution is 2.20. The normalized spacial score (nSPS) is 10.3. The monoisotopic (exact) mass is 262 g/mol. The van der Waals surface area contributed by atoms with E-state index in [-0.39, 0.29) is 17.8 Å². The molecule has 0 atom stereocenters. The van der Waals surface area contributed by atoms with E-state index in [1.165, 1.54) is 13.2 Å². The SMILES string of the molecule is COc1ccccc1C(=O)Cc1ccc(F)cc1F. The molecular formula is C15H12F2O2. The third-order valence-corrected chi connectivity index (χ3v) is 2.77. The molecule has 2 aromatic rings. The fourth-order valence-corrected chi connectivity index (χ4v) is 1.81. The highest BCUT2D eigenvalue weighted by atomic mass is 19.1. The molecular weight excluding hydrogens is 250 g/mol. The van der Waals surface area contributed by atoms with Gasteiger partial charge in [0.05, 0.1) is 12.7 Å². The Kier molecular flexibility index (Phi) is 3.90. The van der Waals surface area contributed by atoms with Gasteiger partial charge in [0, 0.05) is 12.5 Å². The Balaban J connectivity index is 2.26. The molecule has 0 aliphatic carbocycles. The first-order valence-corrected chi connectivity index (χ1v) is 5.72. The Morgan fingerprint density at radius 3 is 2.58 bits per heavy atom. The highest BCUT2D eigenvalue weighted by Gasteiger charge is 2.14. The fraction of sp³-hybridized carbons (Fsp3) is 0.133. The van der Waals surface area contributed by atoms with Crippen LogP contribution in [0.25, 0.3) is 0 Å². The molecule has 0 unspecified atom stereocenters. The Morgan fingerprint density at radius 2 is 1.89 bits per heavy atom. The number of halogens is 2. The Bertz CT molecular complexity index is 609. The lowest BCUT2D eigenvalue weighted by molar-refractivity contribution is 0.0989. The lowest BCUT2D eigenvalue weighted by atomic mass is 10.0.